The molecule has 0 atom stereocenters. The van der Waals surface area contributed by atoms with Crippen LogP contribution in [0.3, 0.4) is 0 Å². The van der Waals surface area contributed by atoms with Crippen LogP contribution < -0.4 is 4.74 Å². The minimum Gasteiger partial charge on any atom is -0.456 e. The number of rotatable bonds is 4. The van der Waals surface area contributed by atoms with E-state index in [2.05, 4.69) is 0 Å². The van der Waals surface area contributed by atoms with Crippen molar-refractivity contribution in [1.82, 2.24) is 0 Å². The highest BCUT2D eigenvalue weighted by atomic mass is 35.5. The summed E-state index contributed by atoms with van der Waals surface area (Å²) in [4.78, 5) is 10.4. The topological polar surface area (TPSA) is 26.3 Å². The van der Waals surface area contributed by atoms with Crippen molar-refractivity contribution in [3.8, 4) is 11.5 Å². The molecule has 0 radical (unpaired) electrons. The number of benzene rings is 2. The number of ether oxygens (including phenoxy) is 1. The lowest BCUT2D eigenvalue weighted by atomic mass is 10.1. The molecule has 0 aliphatic rings. The van der Waals surface area contributed by atoms with Gasteiger partial charge in [0.2, 0.25) is 0 Å². The lowest BCUT2D eigenvalue weighted by Crippen LogP contribution is -1.90. The summed E-state index contributed by atoms with van der Waals surface area (Å²) in [6.07, 6.45) is 1.11. The van der Waals surface area contributed by atoms with Gasteiger partial charge in [-0.1, -0.05) is 41.4 Å². The van der Waals surface area contributed by atoms with Gasteiger partial charge in [-0.3, -0.25) is 0 Å². The van der Waals surface area contributed by atoms with Crippen molar-refractivity contribution in [3.05, 3.63) is 58.1 Å². The molecule has 0 saturated heterocycles. The van der Waals surface area contributed by atoms with E-state index in [-0.39, 0.29) is 0 Å². The summed E-state index contributed by atoms with van der Waals surface area (Å²) < 4.78 is 5.62. The summed E-state index contributed by atoms with van der Waals surface area (Å²) in [6, 6.07) is 12.4. The van der Waals surface area contributed by atoms with Gasteiger partial charge in [-0.05, 0) is 29.8 Å². The van der Waals surface area contributed by atoms with E-state index in [4.69, 9.17) is 27.9 Å². The zero-order valence-corrected chi connectivity index (χ0v) is 10.9. The van der Waals surface area contributed by atoms with Gasteiger partial charge in [0.1, 0.15) is 17.8 Å². The molecule has 0 heterocycles. The van der Waals surface area contributed by atoms with Gasteiger partial charge in [-0.2, -0.15) is 0 Å². The third-order valence-electron chi connectivity index (χ3n) is 2.39. The van der Waals surface area contributed by atoms with Crippen LogP contribution in [0.5, 0.6) is 11.5 Å². The molecule has 2 nitrogen and oxygen atoms in total. The molecule has 2 aromatic rings. The molecule has 0 amide bonds. The number of hydrogen-bond acceptors (Lipinski definition) is 2. The molecule has 0 aliphatic carbocycles. The maximum absolute atomic E-state index is 10.4. The first-order valence-electron chi connectivity index (χ1n) is 5.35. The molecule has 2 aromatic carbocycles. The Bertz CT molecular complexity index is 567. The highest BCUT2D eigenvalue weighted by molar-refractivity contribution is 6.32. The molecule has 0 unspecified atom stereocenters. The quantitative estimate of drug-likeness (QED) is 0.770. The second-order valence-electron chi connectivity index (χ2n) is 3.66. The van der Waals surface area contributed by atoms with Gasteiger partial charge in [-0.25, -0.2) is 0 Å². The number of halogens is 2. The first-order valence-corrected chi connectivity index (χ1v) is 6.11. The maximum atomic E-state index is 10.4. The number of hydrogen-bond donors (Lipinski definition) is 0. The smallest absolute Gasteiger partial charge is 0.146 e. The van der Waals surface area contributed by atoms with E-state index in [0.29, 0.717) is 28.0 Å². The number of carbonyl (C=O) groups excluding carboxylic acids is 1. The van der Waals surface area contributed by atoms with Gasteiger partial charge in [0.15, 0.2) is 0 Å². The third-order valence-corrected chi connectivity index (χ3v) is 3.06. The summed E-state index contributed by atoms with van der Waals surface area (Å²) in [5.74, 6) is 1.15. The Morgan fingerprint density at radius 3 is 2.50 bits per heavy atom. The summed E-state index contributed by atoms with van der Waals surface area (Å²) in [5, 5.41) is 1.04. The van der Waals surface area contributed by atoms with E-state index in [0.717, 1.165) is 11.8 Å². The Balaban J connectivity index is 2.23. The molecule has 0 fully saturated rings. The Kier molecular flexibility index (Phi) is 4.24. The number of carbonyl (C=O) groups is 1. The van der Waals surface area contributed by atoms with Crippen LogP contribution in [0.4, 0.5) is 0 Å². The largest absolute Gasteiger partial charge is 0.456 e. The molecular weight excluding hydrogens is 271 g/mol. The fraction of sp³-hybridized carbons (Fsp3) is 0.0714. The minimum absolute atomic E-state index is 0.297. The van der Waals surface area contributed by atoms with Crippen LogP contribution in [-0.4, -0.2) is 6.29 Å². The Morgan fingerprint density at radius 1 is 1.06 bits per heavy atom. The average Bonchev–Trinajstić information content (AvgIpc) is 2.36. The van der Waals surface area contributed by atoms with Crippen LogP contribution >= 0.6 is 23.2 Å². The predicted octanol–water partition coefficient (Wildman–Crippen LogP) is 4.53. The average molecular weight is 281 g/mol. The highest BCUT2D eigenvalue weighted by Gasteiger charge is 2.05. The molecule has 0 aromatic heterocycles. The lowest BCUT2D eigenvalue weighted by molar-refractivity contribution is -0.107. The highest BCUT2D eigenvalue weighted by Crippen LogP contribution is 2.31. The molecular formula is C14H10Cl2O2. The molecule has 4 heteroatoms. The molecule has 0 saturated carbocycles. The van der Waals surface area contributed by atoms with Gasteiger partial charge in [0, 0.05) is 11.4 Å². The molecule has 18 heavy (non-hydrogen) atoms. The fourth-order valence-electron chi connectivity index (χ4n) is 1.50. The normalized spacial score (nSPS) is 10.1. The van der Waals surface area contributed by atoms with E-state index >= 15 is 0 Å². The Hall–Kier alpha value is -1.51. The molecule has 0 N–H and O–H groups in total. The van der Waals surface area contributed by atoms with Crippen molar-refractivity contribution < 1.29 is 9.53 Å². The van der Waals surface area contributed by atoms with Gasteiger partial charge < -0.3 is 9.53 Å². The minimum atomic E-state index is 0.297. The van der Waals surface area contributed by atoms with Gasteiger partial charge in [0.05, 0.1) is 5.02 Å². The second kappa shape index (κ2) is 5.89. The number of para-hydroxylation sites is 1. The van der Waals surface area contributed by atoms with Crippen molar-refractivity contribution in [2.24, 2.45) is 0 Å². The molecule has 0 spiro atoms. The molecule has 92 valence electrons. The molecule has 2 rings (SSSR count). The van der Waals surface area contributed by atoms with Crippen molar-refractivity contribution in [3.63, 3.8) is 0 Å². The fourth-order valence-corrected chi connectivity index (χ4v) is 1.92. The van der Waals surface area contributed by atoms with E-state index in [1.165, 1.54) is 0 Å². The van der Waals surface area contributed by atoms with Crippen LogP contribution in [0, 0.1) is 0 Å². The summed E-state index contributed by atoms with van der Waals surface area (Å²) in [7, 11) is 0. The van der Waals surface area contributed by atoms with E-state index < -0.39 is 0 Å². The van der Waals surface area contributed by atoms with Crippen molar-refractivity contribution in [2.45, 2.75) is 6.42 Å². The monoisotopic (exact) mass is 280 g/mol. The molecule has 0 bridgehead atoms. The van der Waals surface area contributed by atoms with E-state index in [1.54, 1.807) is 30.3 Å². The van der Waals surface area contributed by atoms with Gasteiger partial charge in [-0.15, -0.1) is 0 Å². The van der Waals surface area contributed by atoms with Crippen LogP contribution in [0.15, 0.2) is 42.5 Å². The van der Waals surface area contributed by atoms with Crippen LogP contribution in [0.25, 0.3) is 0 Å². The van der Waals surface area contributed by atoms with Crippen LogP contribution in [0.1, 0.15) is 5.56 Å². The lowest BCUT2D eigenvalue weighted by Gasteiger charge is -2.08. The standard InChI is InChI=1S/C14H10Cl2O2/c15-12-3-1-2-4-14(12)18-11-6-5-10(7-8-17)13(16)9-11/h1-6,8-9H,7H2. The van der Waals surface area contributed by atoms with Crippen molar-refractivity contribution in [2.75, 3.05) is 0 Å². The van der Waals surface area contributed by atoms with E-state index in [9.17, 15) is 4.79 Å². The Labute approximate surface area is 115 Å². The Morgan fingerprint density at radius 2 is 1.83 bits per heavy atom. The zero-order valence-electron chi connectivity index (χ0n) is 9.40. The SMILES string of the molecule is O=CCc1ccc(Oc2ccccc2Cl)cc1Cl. The van der Waals surface area contributed by atoms with Crippen molar-refractivity contribution in [1.29, 1.82) is 0 Å². The van der Waals surface area contributed by atoms with Crippen LogP contribution in [-0.2, 0) is 11.2 Å². The second-order valence-corrected chi connectivity index (χ2v) is 4.47. The maximum Gasteiger partial charge on any atom is 0.146 e. The molecule has 0 aliphatic heterocycles. The first-order chi connectivity index (χ1) is 8.70. The number of aldehydes is 1. The first kappa shape index (κ1) is 12.9. The third kappa shape index (κ3) is 3.03. The van der Waals surface area contributed by atoms with Crippen LogP contribution in [0.2, 0.25) is 10.0 Å². The van der Waals surface area contributed by atoms with Gasteiger partial charge >= 0.3 is 0 Å². The summed E-state index contributed by atoms with van der Waals surface area (Å²) >= 11 is 12.0. The zero-order chi connectivity index (χ0) is 13.0. The summed E-state index contributed by atoms with van der Waals surface area (Å²) in [6.45, 7) is 0. The predicted molar refractivity (Wildman–Crippen MR) is 72.7 cm³/mol. The summed E-state index contributed by atoms with van der Waals surface area (Å²) in [5.41, 5.74) is 0.776. The van der Waals surface area contributed by atoms with Gasteiger partial charge in [0.25, 0.3) is 0 Å². The van der Waals surface area contributed by atoms with Crippen molar-refractivity contribution >= 4 is 29.5 Å². The van der Waals surface area contributed by atoms with E-state index in [1.807, 2.05) is 12.1 Å².